The molecular weight excluding hydrogens is 370 g/mol. The van der Waals surface area contributed by atoms with Crippen molar-refractivity contribution in [2.75, 3.05) is 5.32 Å². The molecule has 7 rings (SSSR count). The molecule has 1 aromatic heterocycles. The Morgan fingerprint density at radius 1 is 1.00 bits per heavy atom. The lowest BCUT2D eigenvalue weighted by Gasteiger charge is -2.56. The van der Waals surface area contributed by atoms with Gasteiger partial charge in [0.25, 0.3) is 0 Å². The van der Waals surface area contributed by atoms with Gasteiger partial charge in [0.2, 0.25) is 5.91 Å². The van der Waals surface area contributed by atoms with Crippen LogP contribution in [0, 0.1) is 23.2 Å². The summed E-state index contributed by atoms with van der Waals surface area (Å²) in [4.78, 5) is 21.1. The molecule has 4 aliphatic rings. The molecule has 0 aliphatic heterocycles. The first-order valence-electron chi connectivity index (χ1n) is 11.4. The summed E-state index contributed by atoms with van der Waals surface area (Å²) < 4.78 is 0. The van der Waals surface area contributed by atoms with Crippen molar-refractivity contribution in [3.63, 3.8) is 0 Å². The number of benzene rings is 2. The maximum Gasteiger partial charge on any atom is 0.224 e. The Balaban J connectivity index is 1.15. The first-order valence-corrected chi connectivity index (χ1v) is 11.4. The van der Waals surface area contributed by atoms with Gasteiger partial charge in [-0.25, -0.2) is 4.98 Å². The zero-order valence-corrected chi connectivity index (χ0v) is 17.4. The summed E-state index contributed by atoms with van der Waals surface area (Å²) >= 11 is 0. The minimum atomic E-state index is 0.177. The summed E-state index contributed by atoms with van der Waals surface area (Å²) in [5.41, 5.74) is 4.29. The highest BCUT2D eigenvalue weighted by molar-refractivity contribution is 5.93. The van der Waals surface area contributed by atoms with Gasteiger partial charge in [0.15, 0.2) is 0 Å². The maximum absolute atomic E-state index is 12.9. The number of carbonyl (C=O) groups excluding carboxylic acids is 1. The van der Waals surface area contributed by atoms with Gasteiger partial charge >= 0.3 is 0 Å². The second kappa shape index (κ2) is 6.97. The van der Waals surface area contributed by atoms with Gasteiger partial charge in [-0.2, -0.15) is 0 Å². The summed E-state index contributed by atoms with van der Waals surface area (Å²) in [6.45, 7) is 0. The highest BCUT2D eigenvalue weighted by Crippen LogP contribution is 2.61. The van der Waals surface area contributed by atoms with E-state index in [1.807, 2.05) is 24.3 Å². The van der Waals surface area contributed by atoms with E-state index in [4.69, 9.17) is 4.98 Å². The largest absolute Gasteiger partial charge is 0.342 e. The highest BCUT2D eigenvalue weighted by Gasteiger charge is 2.51. The zero-order chi connectivity index (χ0) is 20.1. The Labute approximate surface area is 177 Å². The van der Waals surface area contributed by atoms with Crippen molar-refractivity contribution < 1.29 is 4.79 Å². The molecule has 4 bridgehead atoms. The average molecular weight is 400 g/mol. The van der Waals surface area contributed by atoms with Crippen molar-refractivity contribution in [1.29, 1.82) is 0 Å². The van der Waals surface area contributed by atoms with Crippen LogP contribution >= 0.6 is 0 Å². The fourth-order valence-electron chi connectivity index (χ4n) is 7.06. The molecule has 0 radical (unpaired) electrons. The molecule has 2 aromatic carbocycles. The van der Waals surface area contributed by atoms with Gasteiger partial charge in [0.05, 0.1) is 11.0 Å². The molecule has 154 valence electrons. The third-order valence-corrected chi connectivity index (χ3v) is 7.73. The van der Waals surface area contributed by atoms with E-state index in [2.05, 4.69) is 34.6 Å². The summed E-state index contributed by atoms with van der Waals surface area (Å²) in [5, 5.41) is 3.18. The number of imidazole rings is 1. The van der Waals surface area contributed by atoms with Crippen molar-refractivity contribution >= 4 is 22.6 Å². The Morgan fingerprint density at radius 3 is 2.40 bits per heavy atom. The molecule has 30 heavy (non-hydrogen) atoms. The standard InChI is InChI=1S/C26H29N3O/c30-25(16-26-13-18-8-19(14-26)10-20(9-18)15-26)27-21-6-7-22-23(12-21)29-24(28-22)11-17-4-2-1-3-5-17/h1-7,12,18-20H,8-11,13-16H2,(H,27,30)(H,28,29). The van der Waals surface area contributed by atoms with Crippen LogP contribution in [-0.4, -0.2) is 15.9 Å². The number of aromatic nitrogens is 2. The minimum Gasteiger partial charge on any atom is -0.342 e. The first-order chi connectivity index (χ1) is 14.6. The van der Waals surface area contributed by atoms with Gasteiger partial charge in [0.1, 0.15) is 5.82 Å². The smallest absolute Gasteiger partial charge is 0.224 e. The Bertz CT molecular complexity index is 1050. The van der Waals surface area contributed by atoms with Gasteiger partial charge in [-0.1, -0.05) is 30.3 Å². The van der Waals surface area contributed by atoms with Crippen molar-refractivity contribution in [1.82, 2.24) is 9.97 Å². The number of anilines is 1. The molecule has 4 saturated carbocycles. The van der Waals surface area contributed by atoms with Gasteiger partial charge in [-0.3, -0.25) is 4.79 Å². The Morgan fingerprint density at radius 2 is 1.70 bits per heavy atom. The van der Waals surface area contributed by atoms with E-state index in [0.29, 0.717) is 6.42 Å². The van der Waals surface area contributed by atoms with Crippen molar-refractivity contribution in [2.45, 2.75) is 51.4 Å². The number of hydrogen-bond acceptors (Lipinski definition) is 2. The molecular formula is C26H29N3O. The minimum absolute atomic E-state index is 0.177. The molecule has 4 fully saturated rings. The lowest BCUT2D eigenvalue weighted by atomic mass is 9.49. The van der Waals surface area contributed by atoms with E-state index in [9.17, 15) is 4.79 Å². The molecule has 4 aliphatic carbocycles. The molecule has 1 amide bonds. The fraction of sp³-hybridized carbons (Fsp3) is 0.462. The van der Waals surface area contributed by atoms with Crippen molar-refractivity contribution in [3.8, 4) is 0 Å². The predicted molar refractivity (Wildman–Crippen MR) is 119 cm³/mol. The first kappa shape index (κ1) is 18.2. The number of nitrogens with zero attached hydrogens (tertiary/aromatic N) is 1. The van der Waals surface area contributed by atoms with Gasteiger partial charge in [0, 0.05) is 18.5 Å². The number of nitrogens with one attached hydrogen (secondary N) is 2. The van der Waals surface area contributed by atoms with Crippen molar-refractivity contribution in [2.24, 2.45) is 23.2 Å². The van der Waals surface area contributed by atoms with Crippen molar-refractivity contribution in [3.05, 3.63) is 59.9 Å². The van der Waals surface area contributed by atoms with E-state index in [1.54, 1.807) is 0 Å². The second-order valence-corrected chi connectivity index (χ2v) is 10.2. The second-order valence-electron chi connectivity index (χ2n) is 10.2. The summed E-state index contributed by atoms with van der Waals surface area (Å²) in [6, 6.07) is 16.4. The van der Waals surface area contributed by atoms with Gasteiger partial charge in [-0.05, 0) is 85.5 Å². The van der Waals surface area contributed by atoms with Crippen LogP contribution in [0.5, 0.6) is 0 Å². The molecule has 0 atom stereocenters. The number of hydrogen-bond donors (Lipinski definition) is 2. The van der Waals surface area contributed by atoms with Crippen LogP contribution in [0.1, 0.15) is 56.3 Å². The maximum atomic E-state index is 12.9. The van der Waals surface area contributed by atoms with Gasteiger partial charge < -0.3 is 10.3 Å². The number of aromatic amines is 1. The molecule has 3 aromatic rings. The molecule has 0 unspecified atom stereocenters. The zero-order valence-electron chi connectivity index (χ0n) is 17.4. The van der Waals surface area contributed by atoms with E-state index in [-0.39, 0.29) is 11.3 Å². The van der Waals surface area contributed by atoms with Crippen LogP contribution in [0.15, 0.2) is 48.5 Å². The predicted octanol–water partition coefficient (Wildman–Crippen LogP) is 5.70. The van der Waals surface area contributed by atoms with Crippen LogP contribution in [0.2, 0.25) is 0 Å². The van der Waals surface area contributed by atoms with Crippen LogP contribution in [0.4, 0.5) is 5.69 Å². The number of fused-ring (bicyclic) bond motifs is 1. The summed E-state index contributed by atoms with van der Waals surface area (Å²) in [5.74, 6) is 3.78. The molecule has 0 spiro atoms. The number of amides is 1. The molecule has 4 heteroatoms. The third kappa shape index (κ3) is 3.42. The van der Waals surface area contributed by atoms with Crippen LogP contribution in [0.3, 0.4) is 0 Å². The topological polar surface area (TPSA) is 57.8 Å². The molecule has 1 heterocycles. The third-order valence-electron chi connectivity index (χ3n) is 7.73. The van der Waals surface area contributed by atoms with Crippen LogP contribution in [0.25, 0.3) is 11.0 Å². The highest BCUT2D eigenvalue weighted by atomic mass is 16.1. The number of carbonyl (C=O) groups is 1. The quantitative estimate of drug-likeness (QED) is 0.578. The van der Waals surface area contributed by atoms with Crippen LogP contribution < -0.4 is 5.32 Å². The number of H-pyrrole nitrogens is 1. The summed E-state index contributed by atoms with van der Waals surface area (Å²) in [6.07, 6.45) is 9.54. The lowest BCUT2D eigenvalue weighted by molar-refractivity contribution is -0.124. The van der Waals surface area contributed by atoms with Crippen LogP contribution in [-0.2, 0) is 11.2 Å². The lowest BCUT2D eigenvalue weighted by Crippen LogP contribution is -2.47. The van der Waals surface area contributed by atoms with E-state index in [1.165, 1.54) is 44.1 Å². The van der Waals surface area contributed by atoms with Gasteiger partial charge in [-0.15, -0.1) is 0 Å². The fourth-order valence-corrected chi connectivity index (χ4v) is 7.06. The SMILES string of the molecule is O=C(CC12CC3CC(CC(C3)C1)C2)Nc1ccc2[nH]c(Cc3ccccc3)nc2c1. The number of rotatable bonds is 5. The monoisotopic (exact) mass is 399 g/mol. The normalized spacial score (nSPS) is 29.4. The average Bonchev–Trinajstić information content (AvgIpc) is 3.08. The van der Waals surface area contributed by atoms with E-state index >= 15 is 0 Å². The van der Waals surface area contributed by atoms with E-state index in [0.717, 1.165) is 46.7 Å². The molecule has 0 saturated heterocycles. The molecule has 2 N–H and O–H groups in total. The van der Waals surface area contributed by atoms with E-state index < -0.39 is 0 Å². The Hall–Kier alpha value is -2.62. The Kier molecular flexibility index (Phi) is 4.22. The summed E-state index contributed by atoms with van der Waals surface area (Å²) in [7, 11) is 0. The molecule has 4 nitrogen and oxygen atoms in total.